The quantitative estimate of drug-likeness (QED) is 0.306. The summed E-state index contributed by atoms with van der Waals surface area (Å²) in [5, 5.41) is 2.97. The minimum absolute atomic E-state index is 0.137. The Morgan fingerprint density at radius 2 is 1.83 bits per heavy atom. The number of thioether (sulfide) groups is 1. The van der Waals surface area contributed by atoms with Gasteiger partial charge >= 0.3 is 0 Å². The van der Waals surface area contributed by atoms with Crippen LogP contribution in [0.5, 0.6) is 0 Å². The third kappa shape index (κ3) is 7.97. The topological polar surface area (TPSA) is 29.1 Å². The van der Waals surface area contributed by atoms with Gasteiger partial charge in [-0.1, -0.05) is 53.6 Å². The van der Waals surface area contributed by atoms with Crippen molar-refractivity contribution in [2.75, 3.05) is 16.7 Å². The predicted molar refractivity (Wildman–Crippen MR) is 87.5 cm³/mol. The number of carbonyl (C=O) groups excluding carboxylic acids is 1. The van der Waals surface area contributed by atoms with E-state index < -0.39 is 0 Å². The van der Waals surface area contributed by atoms with Crippen molar-refractivity contribution in [3.8, 4) is 0 Å². The molecule has 0 radical (unpaired) electrons. The summed E-state index contributed by atoms with van der Waals surface area (Å²) in [6.07, 6.45) is 4.88. The molecule has 0 saturated carbocycles. The number of benzene rings is 1. The molecule has 1 N–H and O–H groups in total. The summed E-state index contributed by atoms with van der Waals surface area (Å²) in [7, 11) is 0. The van der Waals surface area contributed by atoms with Gasteiger partial charge in [-0.2, -0.15) is 0 Å². The lowest BCUT2D eigenvalue weighted by Gasteiger charge is -2.05. The molecular weight excluding hydrogens is 357 g/mol. The van der Waals surface area contributed by atoms with Crippen LogP contribution >= 0.6 is 34.4 Å². The van der Waals surface area contributed by atoms with Crippen LogP contribution in [-0.4, -0.2) is 22.6 Å². The molecule has 1 amide bonds. The Balaban J connectivity index is 2.01. The van der Waals surface area contributed by atoms with Gasteiger partial charge in [0.25, 0.3) is 0 Å². The van der Waals surface area contributed by atoms with Crippen LogP contribution in [0.1, 0.15) is 25.7 Å². The third-order valence-corrected chi connectivity index (χ3v) is 4.27. The zero-order chi connectivity index (χ0) is 13.1. The van der Waals surface area contributed by atoms with Gasteiger partial charge in [0, 0.05) is 11.4 Å². The van der Waals surface area contributed by atoms with Crippen LogP contribution in [0.25, 0.3) is 0 Å². The number of halogens is 1. The van der Waals surface area contributed by atoms with Crippen LogP contribution in [0.2, 0.25) is 0 Å². The van der Waals surface area contributed by atoms with Crippen LogP contribution in [0.3, 0.4) is 0 Å². The van der Waals surface area contributed by atoms with Crippen LogP contribution in [0.15, 0.2) is 35.2 Å². The van der Waals surface area contributed by atoms with E-state index in [0.29, 0.717) is 5.75 Å². The van der Waals surface area contributed by atoms with E-state index >= 15 is 0 Å². The second-order valence-corrected chi connectivity index (χ2v) is 6.18. The van der Waals surface area contributed by atoms with Crippen molar-refractivity contribution < 1.29 is 4.79 Å². The summed E-state index contributed by atoms with van der Waals surface area (Å²) in [6.45, 7) is 0.815. The summed E-state index contributed by atoms with van der Waals surface area (Å²) in [5.41, 5.74) is 0. The highest BCUT2D eigenvalue weighted by Crippen LogP contribution is 2.16. The van der Waals surface area contributed by atoms with E-state index in [4.69, 9.17) is 0 Å². The third-order valence-electron chi connectivity index (χ3n) is 2.50. The Morgan fingerprint density at radius 3 is 2.56 bits per heavy atom. The monoisotopic (exact) mass is 377 g/mol. The number of hydrogen-bond acceptors (Lipinski definition) is 2. The largest absolute Gasteiger partial charge is 0.355 e. The smallest absolute Gasteiger partial charge is 0.230 e. The van der Waals surface area contributed by atoms with Crippen LogP contribution in [0.4, 0.5) is 0 Å². The zero-order valence-corrected chi connectivity index (χ0v) is 13.5. The van der Waals surface area contributed by atoms with Crippen molar-refractivity contribution in [1.29, 1.82) is 0 Å². The first-order valence-electron chi connectivity index (χ1n) is 6.33. The molecule has 0 unspecified atom stereocenters. The van der Waals surface area contributed by atoms with E-state index in [-0.39, 0.29) is 5.91 Å². The van der Waals surface area contributed by atoms with E-state index in [9.17, 15) is 4.79 Å². The SMILES string of the molecule is O=C(CSc1ccccc1)NCCCCCCI. The van der Waals surface area contributed by atoms with Gasteiger partial charge in [-0.25, -0.2) is 0 Å². The average molecular weight is 377 g/mol. The van der Waals surface area contributed by atoms with E-state index in [2.05, 4.69) is 27.9 Å². The highest BCUT2D eigenvalue weighted by molar-refractivity contribution is 14.1. The Hall–Kier alpha value is -0.230. The van der Waals surface area contributed by atoms with Gasteiger partial charge in [0.15, 0.2) is 0 Å². The highest BCUT2D eigenvalue weighted by Gasteiger charge is 2.01. The molecule has 1 rings (SSSR count). The molecule has 1 aromatic rings. The molecule has 0 aromatic heterocycles. The van der Waals surface area contributed by atoms with Crippen molar-refractivity contribution in [1.82, 2.24) is 5.32 Å². The molecule has 100 valence electrons. The highest BCUT2D eigenvalue weighted by atomic mass is 127. The lowest BCUT2D eigenvalue weighted by molar-refractivity contribution is -0.118. The van der Waals surface area contributed by atoms with E-state index in [1.54, 1.807) is 11.8 Å². The van der Waals surface area contributed by atoms with E-state index in [0.717, 1.165) is 17.9 Å². The molecule has 0 aliphatic heterocycles. The Labute approximate surface area is 127 Å². The van der Waals surface area contributed by atoms with Crippen LogP contribution < -0.4 is 5.32 Å². The van der Waals surface area contributed by atoms with Gasteiger partial charge in [0.1, 0.15) is 0 Å². The fourth-order valence-corrected chi connectivity index (χ4v) is 2.81. The molecule has 0 atom stereocenters. The molecule has 1 aromatic carbocycles. The zero-order valence-electron chi connectivity index (χ0n) is 10.5. The van der Waals surface area contributed by atoms with Crippen molar-refractivity contribution in [3.63, 3.8) is 0 Å². The van der Waals surface area contributed by atoms with Crippen molar-refractivity contribution >= 4 is 40.3 Å². The molecule has 2 nitrogen and oxygen atoms in total. The fourth-order valence-electron chi connectivity index (χ4n) is 1.52. The van der Waals surface area contributed by atoms with Gasteiger partial charge in [-0.15, -0.1) is 11.8 Å². The number of carbonyl (C=O) groups is 1. The normalized spacial score (nSPS) is 10.3. The van der Waals surface area contributed by atoms with Crippen molar-refractivity contribution in [3.05, 3.63) is 30.3 Å². The molecule has 0 spiro atoms. The molecule has 0 fully saturated rings. The molecule has 18 heavy (non-hydrogen) atoms. The van der Waals surface area contributed by atoms with Crippen molar-refractivity contribution in [2.24, 2.45) is 0 Å². The Bertz CT molecular complexity index is 332. The molecule has 0 aliphatic carbocycles. The molecule has 0 bridgehead atoms. The molecule has 0 saturated heterocycles. The number of rotatable bonds is 9. The van der Waals surface area contributed by atoms with Gasteiger partial charge in [0.05, 0.1) is 5.75 Å². The number of alkyl halides is 1. The van der Waals surface area contributed by atoms with Gasteiger partial charge < -0.3 is 5.32 Å². The number of amides is 1. The van der Waals surface area contributed by atoms with Crippen LogP contribution in [0, 0.1) is 0 Å². The maximum atomic E-state index is 11.6. The Morgan fingerprint density at radius 1 is 1.11 bits per heavy atom. The standard InChI is InChI=1S/C14H20INOS/c15-10-6-1-2-7-11-16-14(17)12-18-13-8-4-3-5-9-13/h3-5,8-9H,1-2,6-7,10-12H2,(H,16,17). The average Bonchev–Trinajstić information content (AvgIpc) is 2.41. The molecule has 4 heteroatoms. The molecular formula is C14H20INOS. The summed E-state index contributed by atoms with van der Waals surface area (Å²) >= 11 is 3.99. The summed E-state index contributed by atoms with van der Waals surface area (Å²) in [4.78, 5) is 12.7. The van der Waals surface area contributed by atoms with Gasteiger partial charge in [0.2, 0.25) is 5.91 Å². The second-order valence-electron chi connectivity index (χ2n) is 4.05. The number of hydrogen-bond donors (Lipinski definition) is 1. The van der Waals surface area contributed by atoms with Gasteiger partial charge in [-0.3, -0.25) is 4.79 Å². The minimum Gasteiger partial charge on any atom is -0.355 e. The first-order chi connectivity index (χ1) is 8.83. The first kappa shape index (κ1) is 15.8. The summed E-state index contributed by atoms with van der Waals surface area (Å²) in [6, 6.07) is 10.0. The van der Waals surface area contributed by atoms with E-state index in [1.165, 1.54) is 23.7 Å². The molecule has 0 heterocycles. The fraction of sp³-hybridized carbons (Fsp3) is 0.500. The summed E-state index contributed by atoms with van der Waals surface area (Å²) in [5.74, 6) is 0.648. The van der Waals surface area contributed by atoms with Gasteiger partial charge in [-0.05, 0) is 29.4 Å². The Kier molecular flexibility index (Phi) is 9.38. The number of unbranched alkanes of at least 4 members (excludes halogenated alkanes) is 3. The van der Waals surface area contributed by atoms with Crippen molar-refractivity contribution in [2.45, 2.75) is 30.6 Å². The molecule has 0 aliphatic rings. The predicted octanol–water partition coefficient (Wildman–Crippen LogP) is 3.89. The lowest BCUT2D eigenvalue weighted by atomic mass is 10.2. The van der Waals surface area contributed by atoms with Crippen LogP contribution in [-0.2, 0) is 4.79 Å². The minimum atomic E-state index is 0.137. The maximum absolute atomic E-state index is 11.6. The number of nitrogens with one attached hydrogen (secondary N) is 1. The maximum Gasteiger partial charge on any atom is 0.230 e. The lowest BCUT2D eigenvalue weighted by Crippen LogP contribution is -2.26. The first-order valence-corrected chi connectivity index (χ1v) is 8.84. The van der Waals surface area contributed by atoms with E-state index in [1.807, 2.05) is 30.3 Å². The second kappa shape index (κ2) is 10.7. The summed E-state index contributed by atoms with van der Waals surface area (Å²) < 4.78 is 1.23.